The first-order chi connectivity index (χ1) is 9.08. The van der Waals surface area contributed by atoms with Gasteiger partial charge < -0.3 is 5.73 Å². The van der Waals surface area contributed by atoms with Gasteiger partial charge in [0.25, 0.3) is 0 Å². The molecule has 19 heavy (non-hydrogen) atoms. The van der Waals surface area contributed by atoms with Crippen LogP contribution in [0.4, 0.5) is 0 Å². The van der Waals surface area contributed by atoms with E-state index < -0.39 is 0 Å². The summed E-state index contributed by atoms with van der Waals surface area (Å²) in [5, 5.41) is 0.814. The number of halogens is 2. The molecule has 4 heteroatoms. The van der Waals surface area contributed by atoms with Crippen molar-refractivity contribution in [2.45, 2.75) is 23.6 Å². The first kappa shape index (κ1) is 14.9. The fraction of sp³-hybridized carbons (Fsp3) is 0.200. The molecule has 0 amide bonds. The second kappa shape index (κ2) is 6.80. The van der Waals surface area contributed by atoms with E-state index in [0.29, 0.717) is 0 Å². The van der Waals surface area contributed by atoms with Gasteiger partial charge in [-0.05, 0) is 42.3 Å². The van der Waals surface area contributed by atoms with Gasteiger partial charge in [-0.3, -0.25) is 0 Å². The van der Waals surface area contributed by atoms with Crippen LogP contribution in [0.3, 0.4) is 0 Å². The zero-order valence-corrected chi connectivity index (χ0v) is 13.7. The summed E-state index contributed by atoms with van der Waals surface area (Å²) in [5.41, 5.74) is 8.33. The Morgan fingerprint density at radius 2 is 2.00 bits per heavy atom. The smallest absolute Gasteiger partial charge is 0.0446 e. The number of rotatable bonds is 4. The van der Waals surface area contributed by atoms with E-state index in [4.69, 9.17) is 17.3 Å². The van der Waals surface area contributed by atoms with Gasteiger partial charge in [0.05, 0.1) is 0 Å². The maximum Gasteiger partial charge on any atom is 0.0446 e. The van der Waals surface area contributed by atoms with Crippen molar-refractivity contribution in [1.29, 1.82) is 0 Å². The zero-order chi connectivity index (χ0) is 13.8. The Morgan fingerprint density at radius 3 is 2.68 bits per heavy atom. The average Bonchev–Trinajstić information content (AvgIpc) is 2.38. The van der Waals surface area contributed by atoms with E-state index in [1.165, 1.54) is 4.90 Å². The Bertz CT molecular complexity index is 572. The highest BCUT2D eigenvalue weighted by Crippen LogP contribution is 2.32. The van der Waals surface area contributed by atoms with E-state index in [1.807, 2.05) is 31.2 Å². The largest absolute Gasteiger partial charge is 0.324 e. The van der Waals surface area contributed by atoms with Crippen LogP contribution in [0.15, 0.2) is 51.8 Å². The predicted octanol–water partition coefficient (Wildman–Crippen LogP) is 5.41. The van der Waals surface area contributed by atoms with Gasteiger partial charge in [0.1, 0.15) is 0 Å². The van der Waals surface area contributed by atoms with Gasteiger partial charge in [0.2, 0.25) is 0 Å². The SMILES string of the molecule is CC(N)c1cc(Br)ccc1SCc1ccccc1Cl. The first-order valence-corrected chi connectivity index (χ1v) is 8.15. The molecule has 1 unspecified atom stereocenters. The molecule has 2 rings (SSSR count). The summed E-state index contributed by atoms with van der Waals surface area (Å²) < 4.78 is 1.06. The Kier molecular flexibility index (Phi) is 5.34. The van der Waals surface area contributed by atoms with Crippen LogP contribution in [0.5, 0.6) is 0 Å². The third kappa shape index (κ3) is 3.99. The fourth-order valence-corrected chi connectivity index (χ4v) is 3.58. The highest BCUT2D eigenvalue weighted by Gasteiger charge is 2.09. The highest BCUT2D eigenvalue weighted by atomic mass is 79.9. The number of thioether (sulfide) groups is 1. The normalized spacial score (nSPS) is 12.4. The van der Waals surface area contributed by atoms with Gasteiger partial charge >= 0.3 is 0 Å². The monoisotopic (exact) mass is 355 g/mol. The zero-order valence-electron chi connectivity index (χ0n) is 10.6. The lowest BCUT2D eigenvalue weighted by Crippen LogP contribution is -2.06. The molecule has 0 bridgehead atoms. The minimum absolute atomic E-state index is 0.0197. The summed E-state index contributed by atoms with van der Waals surface area (Å²) in [7, 11) is 0. The van der Waals surface area contributed by atoms with Crippen molar-refractivity contribution in [2.75, 3.05) is 0 Å². The molecule has 0 saturated carbocycles. The summed E-state index contributed by atoms with van der Waals surface area (Å²) in [6.07, 6.45) is 0. The number of benzene rings is 2. The Morgan fingerprint density at radius 1 is 1.26 bits per heavy atom. The van der Waals surface area contributed by atoms with Crippen molar-refractivity contribution < 1.29 is 0 Å². The van der Waals surface area contributed by atoms with Crippen molar-refractivity contribution in [3.05, 3.63) is 63.1 Å². The molecule has 0 aliphatic heterocycles. The van der Waals surface area contributed by atoms with Crippen LogP contribution in [0.2, 0.25) is 5.02 Å². The Labute approximate surface area is 131 Å². The lowest BCUT2D eigenvalue weighted by molar-refractivity contribution is 0.796. The van der Waals surface area contributed by atoms with Crippen molar-refractivity contribution in [1.82, 2.24) is 0 Å². The molecule has 1 nitrogen and oxygen atoms in total. The molecule has 2 aromatic rings. The number of nitrogens with two attached hydrogens (primary N) is 1. The van der Waals surface area contributed by atoms with Crippen LogP contribution >= 0.6 is 39.3 Å². The van der Waals surface area contributed by atoms with Crippen molar-refractivity contribution >= 4 is 39.3 Å². The molecule has 2 aromatic carbocycles. The van der Waals surface area contributed by atoms with E-state index in [-0.39, 0.29) is 6.04 Å². The lowest BCUT2D eigenvalue weighted by Gasteiger charge is -2.13. The molecule has 0 aliphatic rings. The molecule has 0 aromatic heterocycles. The summed E-state index contributed by atoms with van der Waals surface area (Å²) in [5.74, 6) is 0.848. The molecular formula is C15H15BrClNS. The first-order valence-electron chi connectivity index (χ1n) is 5.99. The highest BCUT2D eigenvalue weighted by molar-refractivity contribution is 9.10. The topological polar surface area (TPSA) is 26.0 Å². The van der Waals surface area contributed by atoms with Gasteiger partial charge in [0, 0.05) is 26.2 Å². The molecule has 0 spiro atoms. The molecule has 0 aliphatic carbocycles. The standard InChI is InChI=1S/C15H15BrClNS/c1-10(18)13-8-12(16)6-7-15(13)19-9-11-4-2-3-5-14(11)17/h2-8,10H,9,18H2,1H3. The predicted molar refractivity (Wildman–Crippen MR) is 87.8 cm³/mol. The van der Waals surface area contributed by atoms with Gasteiger partial charge in [0.15, 0.2) is 0 Å². The summed E-state index contributed by atoms with van der Waals surface area (Å²) >= 11 is 11.4. The van der Waals surface area contributed by atoms with Crippen LogP contribution in [0.25, 0.3) is 0 Å². The molecule has 0 radical (unpaired) electrons. The van der Waals surface area contributed by atoms with E-state index in [9.17, 15) is 0 Å². The summed E-state index contributed by atoms with van der Waals surface area (Å²) in [6, 6.07) is 14.2. The van der Waals surface area contributed by atoms with Gasteiger partial charge in [-0.1, -0.05) is 45.7 Å². The minimum Gasteiger partial charge on any atom is -0.324 e. The minimum atomic E-state index is 0.0197. The van der Waals surface area contributed by atoms with E-state index in [1.54, 1.807) is 11.8 Å². The molecule has 1 atom stereocenters. The second-order valence-corrected chi connectivity index (χ2v) is 6.69. The van der Waals surface area contributed by atoms with Gasteiger partial charge in [-0.2, -0.15) is 0 Å². The molecule has 0 fully saturated rings. The Hall–Kier alpha value is -0.480. The average molecular weight is 357 g/mol. The maximum atomic E-state index is 6.17. The lowest BCUT2D eigenvalue weighted by atomic mass is 10.1. The summed E-state index contributed by atoms with van der Waals surface area (Å²) in [4.78, 5) is 1.21. The number of hydrogen-bond acceptors (Lipinski definition) is 2. The van der Waals surface area contributed by atoms with Crippen LogP contribution < -0.4 is 5.73 Å². The van der Waals surface area contributed by atoms with Crippen LogP contribution in [0.1, 0.15) is 24.1 Å². The fourth-order valence-electron chi connectivity index (χ4n) is 1.78. The van der Waals surface area contributed by atoms with Crippen molar-refractivity contribution in [2.24, 2.45) is 5.73 Å². The van der Waals surface area contributed by atoms with Crippen molar-refractivity contribution in [3.8, 4) is 0 Å². The maximum absolute atomic E-state index is 6.17. The molecular weight excluding hydrogens is 342 g/mol. The van der Waals surface area contributed by atoms with E-state index >= 15 is 0 Å². The summed E-state index contributed by atoms with van der Waals surface area (Å²) in [6.45, 7) is 2.00. The molecule has 100 valence electrons. The van der Waals surface area contributed by atoms with Gasteiger partial charge in [-0.15, -0.1) is 11.8 Å². The Balaban J connectivity index is 2.18. The molecule has 0 saturated heterocycles. The van der Waals surface area contributed by atoms with Crippen molar-refractivity contribution in [3.63, 3.8) is 0 Å². The third-order valence-electron chi connectivity index (χ3n) is 2.80. The van der Waals surface area contributed by atoms with Crippen LogP contribution in [0, 0.1) is 0 Å². The number of hydrogen-bond donors (Lipinski definition) is 1. The quantitative estimate of drug-likeness (QED) is 0.741. The van der Waals surface area contributed by atoms with E-state index in [0.717, 1.165) is 26.4 Å². The molecule has 0 heterocycles. The molecule has 2 N–H and O–H groups in total. The van der Waals surface area contributed by atoms with Gasteiger partial charge in [-0.25, -0.2) is 0 Å². The van der Waals surface area contributed by atoms with Crippen LogP contribution in [-0.2, 0) is 5.75 Å². The van der Waals surface area contributed by atoms with E-state index in [2.05, 4.69) is 34.1 Å². The second-order valence-electron chi connectivity index (χ2n) is 4.35. The third-order valence-corrected chi connectivity index (χ3v) is 4.80. The van der Waals surface area contributed by atoms with Crippen LogP contribution in [-0.4, -0.2) is 0 Å².